The molecule has 0 aliphatic heterocycles. The van der Waals surface area contributed by atoms with E-state index in [4.69, 9.17) is 9.15 Å². The van der Waals surface area contributed by atoms with E-state index >= 15 is 0 Å². The number of rotatable bonds is 5. The molecule has 4 aromatic rings. The van der Waals surface area contributed by atoms with Gasteiger partial charge in [0.15, 0.2) is 5.76 Å². The average molecular weight is 396 g/mol. The first kappa shape index (κ1) is 18.3. The Morgan fingerprint density at radius 3 is 2.63 bits per heavy atom. The Labute approximate surface area is 174 Å². The van der Waals surface area contributed by atoms with Gasteiger partial charge in [0.25, 0.3) is 5.89 Å². The van der Waals surface area contributed by atoms with Crippen molar-refractivity contribution in [2.24, 2.45) is 5.92 Å². The summed E-state index contributed by atoms with van der Waals surface area (Å²) in [6.45, 7) is 0. The van der Waals surface area contributed by atoms with E-state index in [0.717, 1.165) is 24.3 Å². The molecule has 0 amide bonds. The summed E-state index contributed by atoms with van der Waals surface area (Å²) in [5.74, 6) is 2.12. The number of Topliss-reactive ketones (excluding diaryl/α,β-unsaturated/α-hetero) is 1. The van der Waals surface area contributed by atoms with Gasteiger partial charge < -0.3 is 9.15 Å². The predicted molar refractivity (Wildman–Crippen MR) is 113 cm³/mol. The molecule has 148 valence electrons. The van der Waals surface area contributed by atoms with E-state index in [2.05, 4.69) is 22.1 Å². The van der Waals surface area contributed by atoms with Crippen LogP contribution in [0.2, 0.25) is 0 Å². The number of ether oxygens (including phenoxy) is 1. The molecule has 2 aromatic carbocycles. The number of aryl methyl sites for hydroxylation is 1. The molecule has 2 aromatic heterocycles. The van der Waals surface area contributed by atoms with Crippen LogP contribution in [0.1, 0.15) is 28.2 Å². The number of oxazole rings is 1. The van der Waals surface area contributed by atoms with Crippen molar-refractivity contribution in [2.45, 2.75) is 19.3 Å². The zero-order valence-corrected chi connectivity index (χ0v) is 16.3. The second-order valence-corrected chi connectivity index (χ2v) is 7.39. The maximum Gasteiger partial charge on any atom is 0.264 e. The van der Waals surface area contributed by atoms with Crippen molar-refractivity contribution in [1.82, 2.24) is 9.97 Å². The Morgan fingerprint density at radius 1 is 0.933 bits per heavy atom. The number of nitrogens with zero attached hydrogens (tertiary/aromatic N) is 2. The van der Waals surface area contributed by atoms with Gasteiger partial charge in [-0.1, -0.05) is 30.3 Å². The number of carbonyl (C=O) groups excluding carboxylic acids is 1. The number of hydrogen-bond donors (Lipinski definition) is 0. The molecule has 0 bridgehead atoms. The molecule has 1 atom stereocenters. The molecule has 1 aliphatic carbocycles. The zero-order chi connectivity index (χ0) is 20.3. The van der Waals surface area contributed by atoms with Crippen molar-refractivity contribution >= 4 is 5.78 Å². The molecule has 0 fully saturated rings. The standard InChI is InChI=1S/C25H20N2O3/c28-24(25-27-16-23(30-25)22-8-4-5-13-26-22)19-10-9-18-15-21(12-11-17(18)14-19)29-20-6-2-1-3-7-20/h1-8,11-13,15-16,19H,9-10,14H2/t19-/m0/s1. The highest BCUT2D eigenvalue weighted by atomic mass is 16.5. The van der Waals surface area contributed by atoms with E-state index < -0.39 is 0 Å². The summed E-state index contributed by atoms with van der Waals surface area (Å²) < 4.78 is 11.7. The Hall–Kier alpha value is -3.73. The number of pyridine rings is 1. The van der Waals surface area contributed by atoms with E-state index in [9.17, 15) is 4.79 Å². The molecule has 0 unspecified atom stereocenters. The van der Waals surface area contributed by atoms with E-state index in [1.165, 1.54) is 11.1 Å². The molecule has 5 rings (SSSR count). The molecule has 1 aliphatic rings. The highest BCUT2D eigenvalue weighted by Crippen LogP contribution is 2.32. The molecule has 0 spiro atoms. The van der Waals surface area contributed by atoms with Crippen LogP contribution < -0.4 is 4.74 Å². The maximum absolute atomic E-state index is 13.0. The van der Waals surface area contributed by atoms with Gasteiger partial charge in [-0.2, -0.15) is 0 Å². The molecular weight excluding hydrogens is 376 g/mol. The highest BCUT2D eigenvalue weighted by molar-refractivity contribution is 5.94. The SMILES string of the molecule is O=C(c1ncc(-c2ccccn2)o1)[C@H]1CCc2cc(Oc3ccccc3)ccc2C1. The molecule has 0 N–H and O–H groups in total. The molecule has 5 nitrogen and oxygen atoms in total. The number of hydrogen-bond acceptors (Lipinski definition) is 5. The molecule has 0 saturated carbocycles. The summed E-state index contributed by atoms with van der Waals surface area (Å²) in [7, 11) is 0. The predicted octanol–water partition coefficient (Wildman–Crippen LogP) is 5.52. The van der Waals surface area contributed by atoms with Crippen LogP contribution in [0.15, 0.2) is 83.5 Å². The summed E-state index contributed by atoms with van der Waals surface area (Å²) in [5.41, 5.74) is 3.08. The van der Waals surface area contributed by atoms with Crippen LogP contribution in [0.4, 0.5) is 0 Å². The highest BCUT2D eigenvalue weighted by Gasteiger charge is 2.29. The number of fused-ring (bicyclic) bond motifs is 1. The van der Waals surface area contributed by atoms with Crippen LogP contribution in [0.5, 0.6) is 11.5 Å². The second-order valence-electron chi connectivity index (χ2n) is 7.39. The summed E-state index contributed by atoms with van der Waals surface area (Å²) in [6, 6.07) is 21.4. The van der Waals surface area contributed by atoms with Gasteiger partial charge >= 0.3 is 0 Å². The second kappa shape index (κ2) is 7.95. The zero-order valence-electron chi connectivity index (χ0n) is 16.3. The first-order valence-corrected chi connectivity index (χ1v) is 10.0. The van der Waals surface area contributed by atoms with Crippen molar-refractivity contribution < 1.29 is 13.9 Å². The first-order chi connectivity index (χ1) is 14.8. The number of ketones is 1. The lowest BCUT2D eigenvalue weighted by Crippen LogP contribution is -2.23. The fraction of sp³-hybridized carbons (Fsp3) is 0.160. The van der Waals surface area contributed by atoms with Crippen LogP contribution >= 0.6 is 0 Å². The third kappa shape index (κ3) is 3.74. The normalized spacial score (nSPS) is 15.4. The van der Waals surface area contributed by atoms with Crippen LogP contribution in [0.25, 0.3) is 11.5 Å². The lowest BCUT2D eigenvalue weighted by Gasteiger charge is -2.23. The monoisotopic (exact) mass is 396 g/mol. The van der Waals surface area contributed by atoms with Gasteiger partial charge in [0.1, 0.15) is 17.2 Å². The van der Waals surface area contributed by atoms with Crippen molar-refractivity contribution in [3.05, 3.63) is 96.1 Å². The van der Waals surface area contributed by atoms with Crippen LogP contribution in [-0.2, 0) is 12.8 Å². The third-order valence-electron chi connectivity index (χ3n) is 5.39. The number of benzene rings is 2. The maximum atomic E-state index is 13.0. The lowest BCUT2D eigenvalue weighted by molar-refractivity contribution is 0.0873. The summed E-state index contributed by atoms with van der Waals surface area (Å²) >= 11 is 0. The van der Waals surface area contributed by atoms with Crippen molar-refractivity contribution in [1.29, 1.82) is 0 Å². The molecule has 0 saturated heterocycles. The topological polar surface area (TPSA) is 65.2 Å². The van der Waals surface area contributed by atoms with Gasteiger partial charge in [0.2, 0.25) is 5.78 Å². The van der Waals surface area contributed by atoms with Crippen molar-refractivity contribution in [2.75, 3.05) is 0 Å². The fourth-order valence-electron chi connectivity index (χ4n) is 3.83. The summed E-state index contributed by atoms with van der Waals surface area (Å²) in [4.78, 5) is 21.4. The Morgan fingerprint density at radius 2 is 1.80 bits per heavy atom. The largest absolute Gasteiger partial charge is 0.457 e. The molecule has 5 heteroatoms. The van der Waals surface area contributed by atoms with E-state index in [-0.39, 0.29) is 17.6 Å². The number of para-hydroxylation sites is 1. The third-order valence-corrected chi connectivity index (χ3v) is 5.39. The smallest absolute Gasteiger partial charge is 0.264 e. The minimum atomic E-state index is -0.131. The Kier molecular flexibility index (Phi) is 4.85. The van der Waals surface area contributed by atoms with Crippen LogP contribution in [0.3, 0.4) is 0 Å². The molecule has 2 heterocycles. The van der Waals surface area contributed by atoms with Gasteiger partial charge in [-0.25, -0.2) is 4.98 Å². The lowest BCUT2D eigenvalue weighted by atomic mass is 9.81. The molecule has 0 radical (unpaired) electrons. The average Bonchev–Trinajstić information content (AvgIpc) is 3.30. The van der Waals surface area contributed by atoms with E-state index in [1.807, 2.05) is 54.6 Å². The first-order valence-electron chi connectivity index (χ1n) is 10.0. The van der Waals surface area contributed by atoms with Gasteiger partial charge in [-0.3, -0.25) is 9.78 Å². The van der Waals surface area contributed by atoms with Gasteiger partial charge in [0.05, 0.1) is 6.20 Å². The summed E-state index contributed by atoms with van der Waals surface area (Å²) in [5, 5.41) is 0. The van der Waals surface area contributed by atoms with Crippen LogP contribution in [0, 0.1) is 5.92 Å². The molecule has 30 heavy (non-hydrogen) atoms. The van der Waals surface area contributed by atoms with Crippen LogP contribution in [-0.4, -0.2) is 15.8 Å². The van der Waals surface area contributed by atoms with Gasteiger partial charge in [-0.15, -0.1) is 0 Å². The minimum absolute atomic E-state index is 0.0487. The van der Waals surface area contributed by atoms with Gasteiger partial charge in [0, 0.05) is 12.1 Å². The number of aromatic nitrogens is 2. The van der Waals surface area contributed by atoms with E-state index in [0.29, 0.717) is 17.9 Å². The number of carbonyl (C=O) groups is 1. The minimum Gasteiger partial charge on any atom is -0.457 e. The fourth-order valence-corrected chi connectivity index (χ4v) is 3.83. The van der Waals surface area contributed by atoms with Crippen molar-refractivity contribution in [3.63, 3.8) is 0 Å². The van der Waals surface area contributed by atoms with Gasteiger partial charge in [-0.05, 0) is 66.8 Å². The van der Waals surface area contributed by atoms with E-state index in [1.54, 1.807) is 12.4 Å². The quantitative estimate of drug-likeness (QED) is 0.416. The molecular formula is C25H20N2O3. The van der Waals surface area contributed by atoms with Crippen molar-refractivity contribution in [3.8, 4) is 23.0 Å². The Balaban J connectivity index is 1.30. The summed E-state index contributed by atoms with van der Waals surface area (Å²) in [6.07, 6.45) is 5.53. The Bertz CT molecular complexity index is 1170.